The molecule has 0 spiro atoms. The Kier molecular flexibility index (Phi) is 7.24. The largest absolute Gasteiger partial charge is 0.444 e. The maximum Gasteiger partial charge on any atom is 0.407 e. The van der Waals surface area contributed by atoms with E-state index in [9.17, 15) is 9.59 Å². The van der Waals surface area contributed by atoms with Crippen LogP contribution >= 0.6 is 11.6 Å². The molecule has 1 aromatic carbocycles. The molecule has 1 atom stereocenters. The van der Waals surface area contributed by atoms with Crippen LogP contribution in [0.25, 0.3) is 0 Å². The summed E-state index contributed by atoms with van der Waals surface area (Å²) < 4.78 is 6.91. The maximum absolute atomic E-state index is 12.1. The number of amides is 2. The Balaban J connectivity index is 1.85. The molecule has 7 nitrogen and oxygen atoms in total. The first-order valence-corrected chi connectivity index (χ1v) is 9.10. The molecule has 27 heavy (non-hydrogen) atoms. The second kappa shape index (κ2) is 9.41. The summed E-state index contributed by atoms with van der Waals surface area (Å²) in [6.45, 7) is 5.92. The molecule has 0 aliphatic carbocycles. The summed E-state index contributed by atoms with van der Waals surface area (Å²) in [5, 5.41) is 10.4. The van der Waals surface area contributed by atoms with Gasteiger partial charge in [0.15, 0.2) is 0 Å². The molecule has 1 heterocycles. The molecular weight excluding hydrogens is 368 g/mol. The van der Waals surface area contributed by atoms with Crippen LogP contribution < -0.4 is 10.6 Å². The van der Waals surface area contributed by atoms with Crippen molar-refractivity contribution in [2.75, 3.05) is 13.1 Å². The second-order valence-corrected chi connectivity index (χ2v) is 7.47. The molecular formula is C19H25ClN4O3. The SMILES string of the molecule is CC(C)(C)OC(=O)NCCC(=O)NCC(c1ccc(Cl)cc1)n1cccn1. The fraction of sp³-hybridized carbons (Fsp3) is 0.421. The Morgan fingerprint density at radius 3 is 2.52 bits per heavy atom. The lowest BCUT2D eigenvalue weighted by atomic mass is 10.1. The molecule has 1 unspecified atom stereocenters. The number of aromatic nitrogens is 2. The number of benzene rings is 1. The van der Waals surface area contributed by atoms with E-state index in [0.29, 0.717) is 11.6 Å². The number of carbonyl (C=O) groups excluding carboxylic acids is 2. The van der Waals surface area contributed by atoms with E-state index in [1.165, 1.54) is 0 Å². The standard InChI is InChI=1S/C19H25ClN4O3/c1-19(2,3)27-18(26)21-11-9-17(25)22-13-16(24-12-4-10-23-24)14-5-7-15(20)8-6-14/h4-8,10,12,16H,9,11,13H2,1-3H3,(H,21,26)(H,22,25). The number of halogens is 1. The van der Waals surface area contributed by atoms with Crippen molar-refractivity contribution >= 4 is 23.6 Å². The minimum Gasteiger partial charge on any atom is -0.444 e. The van der Waals surface area contributed by atoms with Gasteiger partial charge in [-0.3, -0.25) is 9.48 Å². The van der Waals surface area contributed by atoms with Crippen LogP contribution in [0.2, 0.25) is 5.02 Å². The van der Waals surface area contributed by atoms with Crippen LogP contribution in [0.5, 0.6) is 0 Å². The van der Waals surface area contributed by atoms with Crippen molar-refractivity contribution in [3.05, 3.63) is 53.3 Å². The highest BCUT2D eigenvalue weighted by atomic mass is 35.5. The number of nitrogens with zero attached hydrogens (tertiary/aromatic N) is 2. The summed E-state index contributed by atoms with van der Waals surface area (Å²) in [6, 6.07) is 9.10. The van der Waals surface area contributed by atoms with E-state index in [1.807, 2.05) is 24.4 Å². The summed E-state index contributed by atoms with van der Waals surface area (Å²) in [6.07, 6.45) is 3.15. The van der Waals surface area contributed by atoms with Gasteiger partial charge in [-0.1, -0.05) is 23.7 Å². The van der Waals surface area contributed by atoms with Crippen LogP contribution in [-0.4, -0.2) is 40.5 Å². The number of carbonyl (C=O) groups is 2. The predicted molar refractivity (Wildman–Crippen MR) is 104 cm³/mol. The zero-order valence-corrected chi connectivity index (χ0v) is 16.5. The van der Waals surface area contributed by atoms with Crippen molar-refractivity contribution in [1.29, 1.82) is 0 Å². The lowest BCUT2D eigenvalue weighted by Gasteiger charge is -2.20. The third kappa shape index (κ3) is 7.30. The highest BCUT2D eigenvalue weighted by Gasteiger charge is 2.17. The second-order valence-electron chi connectivity index (χ2n) is 7.04. The van der Waals surface area contributed by atoms with E-state index in [-0.39, 0.29) is 24.9 Å². The van der Waals surface area contributed by atoms with E-state index < -0.39 is 11.7 Å². The first-order chi connectivity index (χ1) is 12.7. The number of hydrogen-bond donors (Lipinski definition) is 2. The lowest BCUT2D eigenvalue weighted by Crippen LogP contribution is -2.36. The maximum atomic E-state index is 12.1. The van der Waals surface area contributed by atoms with Crippen LogP contribution in [0.1, 0.15) is 38.8 Å². The zero-order valence-electron chi connectivity index (χ0n) is 15.7. The summed E-state index contributed by atoms with van der Waals surface area (Å²) in [5.74, 6) is -0.169. The monoisotopic (exact) mass is 392 g/mol. The molecule has 1 aromatic heterocycles. The van der Waals surface area contributed by atoms with Gasteiger partial charge < -0.3 is 15.4 Å². The van der Waals surface area contributed by atoms with Crippen molar-refractivity contribution < 1.29 is 14.3 Å². The van der Waals surface area contributed by atoms with Crippen molar-refractivity contribution in [3.63, 3.8) is 0 Å². The van der Waals surface area contributed by atoms with Crippen molar-refractivity contribution in [3.8, 4) is 0 Å². The summed E-state index contributed by atoms with van der Waals surface area (Å²) in [4.78, 5) is 23.7. The quantitative estimate of drug-likeness (QED) is 0.757. The summed E-state index contributed by atoms with van der Waals surface area (Å²) in [7, 11) is 0. The lowest BCUT2D eigenvalue weighted by molar-refractivity contribution is -0.121. The van der Waals surface area contributed by atoms with Gasteiger partial charge in [-0.2, -0.15) is 5.10 Å². The first-order valence-electron chi connectivity index (χ1n) is 8.73. The molecule has 146 valence electrons. The highest BCUT2D eigenvalue weighted by Crippen LogP contribution is 2.19. The van der Waals surface area contributed by atoms with Gasteiger partial charge in [-0.25, -0.2) is 4.79 Å². The molecule has 0 fully saturated rings. The molecule has 2 rings (SSSR count). The Bertz CT molecular complexity index is 739. The van der Waals surface area contributed by atoms with Crippen LogP contribution in [0.3, 0.4) is 0 Å². The van der Waals surface area contributed by atoms with Crippen LogP contribution in [0.15, 0.2) is 42.7 Å². The highest BCUT2D eigenvalue weighted by molar-refractivity contribution is 6.30. The van der Waals surface area contributed by atoms with E-state index in [2.05, 4.69) is 15.7 Å². The minimum atomic E-state index is -0.568. The zero-order chi connectivity index (χ0) is 19.9. The summed E-state index contributed by atoms with van der Waals surface area (Å²) >= 11 is 5.95. The summed E-state index contributed by atoms with van der Waals surface area (Å²) in [5.41, 5.74) is 0.414. The van der Waals surface area contributed by atoms with Gasteiger partial charge in [-0.05, 0) is 44.5 Å². The molecule has 2 amide bonds. The van der Waals surface area contributed by atoms with Gasteiger partial charge in [0, 0.05) is 36.9 Å². The molecule has 2 aromatic rings. The number of rotatable bonds is 7. The molecule has 0 saturated heterocycles. The van der Waals surface area contributed by atoms with E-state index >= 15 is 0 Å². The number of ether oxygens (including phenoxy) is 1. The van der Waals surface area contributed by atoms with Crippen molar-refractivity contribution in [2.24, 2.45) is 0 Å². The Morgan fingerprint density at radius 1 is 1.22 bits per heavy atom. The van der Waals surface area contributed by atoms with Crippen molar-refractivity contribution in [2.45, 2.75) is 38.8 Å². The molecule has 0 aliphatic rings. The molecule has 0 saturated carbocycles. The molecule has 2 N–H and O–H groups in total. The molecule has 0 aliphatic heterocycles. The van der Waals surface area contributed by atoms with E-state index in [4.69, 9.17) is 16.3 Å². The fourth-order valence-corrected chi connectivity index (χ4v) is 2.53. The molecule has 0 radical (unpaired) electrons. The Hall–Kier alpha value is -2.54. The number of nitrogens with one attached hydrogen (secondary N) is 2. The molecule has 0 bridgehead atoms. The third-order valence-corrected chi connectivity index (χ3v) is 3.86. The predicted octanol–water partition coefficient (Wildman–Crippen LogP) is 3.16. The third-order valence-electron chi connectivity index (χ3n) is 3.61. The average molecular weight is 393 g/mol. The van der Waals surface area contributed by atoms with Crippen LogP contribution in [0, 0.1) is 0 Å². The van der Waals surface area contributed by atoms with Crippen molar-refractivity contribution in [1.82, 2.24) is 20.4 Å². The number of hydrogen-bond acceptors (Lipinski definition) is 4. The van der Waals surface area contributed by atoms with Gasteiger partial charge in [0.25, 0.3) is 0 Å². The normalized spacial score (nSPS) is 12.3. The van der Waals surface area contributed by atoms with Gasteiger partial charge in [-0.15, -0.1) is 0 Å². The topological polar surface area (TPSA) is 85.2 Å². The fourth-order valence-electron chi connectivity index (χ4n) is 2.41. The van der Waals surface area contributed by atoms with Gasteiger partial charge >= 0.3 is 6.09 Å². The molecule has 8 heteroatoms. The van der Waals surface area contributed by atoms with E-state index in [0.717, 1.165) is 5.56 Å². The van der Waals surface area contributed by atoms with Gasteiger partial charge in [0.1, 0.15) is 5.60 Å². The van der Waals surface area contributed by atoms with Gasteiger partial charge in [0.2, 0.25) is 5.91 Å². The van der Waals surface area contributed by atoms with E-state index in [1.54, 1.807) is 43.8 Å². The van der Waals surface area contributed by atoms with Gasteiger partial charge in [0.05, 0.1) is 6.04 Å². The smallest absolute Gasteiger partial charge is 0.407 e. The number of alkyl carbamates (subject to hydrolysis) is 1. The Morgan fingerprint density at radius 2 is 1.93 bits per heavy atom. The average Bonchev–Trinajstić information content (AvgIpc) is 3.09. The van der Waals surface area contributed by atoms with Crippen LogP contribution in [-0.2, 0) is 9.53 Å². The van der Waals surface area contributed by atoms with Crippen LogP contribution in [0.4, 0.5) is 4.79 Å². The first kappa shape index (κ1) is 20.8. The Labute approximate surface area is 164 Å². The minimum absolute atomic E-state index is 0.153.